The number of allylic oxidation sites excluding steroid dienone is 1. The summed E-state index contributed by atoms with van der Waals surface area (Å²) in [5, 5.41) is 0. The van der Waals surface area contributed by atoms with Gasteiger partial charge in [0.15, 0.2) is 0 Å². The molecule has 2 nitrogen and oxygen atoms in total. The molecule has 0 aliphatic rings. The molecule has 0 atom stereocenters. The van der Waals surface area contributed by atoms with E-state index < -0.39 is 53.7 Å². The van der Waals surface area contributed by atoms with Gasteiger partial charge in [-0.1, -0.05) is 0 Å². The summed E-state index contributed by atoms with van der Waals surface area (Å²) in [7, 11) is -5.24. The molecule has 0 aromatic heterocycles. The van der Waals surface area contributed by atoms with Crippen LogP contribution in [0.3, 0.4) is 0 Å². The fraction of sp³-hybridized carbons (Fsp3) is 0.867. The summed E-state index contributed by atoms with van der Waals surface area (Å²) in [6.07, 6.45) is 2.24. The minimum absolute atomic E-state index is 1.28. The van der Waals surface area contributed by atoms with Crippen LogP contribution in [0.1, 0.15) is 0 Å². The summed E-state index contributed by atoms with van der Waals surface area (Å²) in [4.78, 5) is 0. The molecular weight excluding hydrogens is 442 g/mol. The van der Waals surface area contributed by atoms with Gasteiger partial charge in [-0.15, -0.1) is 0 Å². The maximum absolute atomic E-state index is 4.15. The van der Waals surface area contributed by atoms with Gasteiger partial charge in [0, 0.05) is 0 Å². The van der Waals surface area contributed by atoms with Gasteiger partial charge in [-0.25, -0.2) is 0 Å². The van der Waals surface area contributed by atoms with Crippen molar-refractivity contribution in [2.45, 2.75) is 82.9 Å². The summed E-state index contributed by atoms with van der Waals surface area (Å²) < 4.78 is 7.65. The van der Waals surface area contributed by atoms with Gasteiger partial charge in [0.1, 0.15) is 0 Å². The molecule has 0 aliphatic carbocycles. The predicted molar refractivity (Wildman–Crippen MR) is 118 cm³/mol. The third kappa shape index (κ3) is 6.69. The second kappa shape index (κ2) is 7.71. The van der Waals surface area contributed by atoms with Crippen LogP contribution in [0.4, 0.5) is 0 Å². The predicted octanol–water partition coefficient (Wildman–Crippen LogP) is 5.60. The van der Waals surface area contributed by atoms with Gasteiger partial charge in [-0.2, -0.15) is 0 Å². The van der Waals surface area contributed by atoms with Gasteiger partial charge >= 0.3 is 154 Å². The van der Waals surface area contributed by atoms with Gasteiger partial charge in [-0.3, -0.25) is 0 Å². The molecule has 0 saturated heterocycles. The Morgan fingerprint density at radius 2 is 0.864 bits per heavy atom. The Bertz CT molecular complexity index is 315. The summed E-state index contributed by atoms with van der Waals surface area (Å²) in [6, 6.07) is 0. The molecule has 0 spiro atoms. The van der Waals surface area contributed by atoms with Crippen molar-refractivity contribution in [2.24, 2.45) is 0 Å². The minimum atomic E-state index is -1.72. The fourth-order valence-corrected chi connectivity index (χ4v) is 55.4. The van der Waals surface area contributed by atoms with Gasteiger partial charge in [0.05, 0.1) is 0 Å². The molecule has 0 aliphatic heterocycles. The molecule has 0 radical (unpaired) electrons. The SMILES string of the molecule is C=C[CH2][Sb]([N]([Si](C)(C)C)[Si](C)(C)C)[N]([Si](C)(C)C)[Si](C)(C)C. The number of rotatable bonds is 8. The van der Waals surface area contributed by atoms with E-state index in [4.69, 9.17) is 0 Å². The van der Waals surface area contributed by atoms with Crippen molar-refractivity contribution < 1.29 is 0 Å². The second-order valence-electron chi connectivity index (χ2n) is 10.2. The molecule has 0 bridgehead atoms. The third-order valence-corrected chi connectivity index (χ3v) is 47.5. The summed E-state index contributed by atoms with van der Waals surface area (Å²) in [5.41, 5.74) is 0. The topological polar surface area (TPSA) is 6.48 Å². The third-order valence-electron chi connectivity index (χ3n) is 3.30. The Hall–Kier alpha value is 1.35. The standard InChI is InChI=1S/2C6H18NSi2.C3H5.Sb/c2*1-8(2,3)7-9(4,5)6;1-3-2;/h2*1-6H3;3H,1-2H2;/q2*-1;;+2. The molecular formula is C15H41N2SbSi4. The van der Waals surface area contributed by atoms with E-state index in [0.29, 0.717) is 0 Å². The van der Waals surface area contributed by atoms with Crippen molar-refractivity contribution in [1.82, 2.24) is 4.78 Å². The van der Waals surface area contributed by atoms with E-state index in [1.165, 1.54) is 4.37 Å². The molecule has 0 aromatic rings. The van der Waals surface area contributed by atoms with Crippen LogP contribution in [-0.2, 0) is 0 Å². The van der Waals surface area contributed by atoms with E-state index in [1.807, 2.05) is 0 Å². The van der Waals surface area contributed by atoms with Crippen LogP contribution in [0.5, 0.6) is 0 Å². The van der Waals surface area contributed by atoms with E-state index in [2.05, 4.69) is 96.0 Å². The molecule has 0 fully saturated rings. The van der Waals surface area contributed by atoms with E-state index in [1.54, 1.807) is 0 Å². The number of nitrogens with zero attached hydrogens (tertiary/aromatic N) is 2. The van der Waals surface area contributed by atoms with Crippen molar-refractivity contribution in [3.63, 3.8) is 0 Å². The van der Waals surface area contributed by atoms with Crippen molar-refractivity contribution in [3.05, 3.63) is 12.7 Å². The molecule has 22 heavy (non-hydrogen) atoms. The van der Waals surface area contributed by atoms with Crippen LogP contribution in [-0.4, -0.2) is 58.5 Å². The fourth-order valence-electron chi connectivity index (χ4n) is 3.77. The van der Waals surface area contributed by atoms with Crippen molar-refractivity contribution >= 4 is 53.7 Å². The Morgan fingerprint density at radius 1 is 0.636 bits per heavy atom. The molecule has 0 unspecified atom stereocenters. The summed E-state index contributed by atoms with van der Waals surface area (Å²) in [6.45, 7) is 35.0. The van der Waals surface area contributed by atoms with Gasteiger partial charge in [-0.05, 0) is 0 Å². The van der Waals surface area contributed by atoms with E-state index in [-0.39, 0.29) is 0 Å². The zero-order chi connectivity index (χ0) is 18.1. The van der Waals surface area contributed by atoms with Gasteiger partial charge in [0.25, 0.3) is 0 Å². The van der Waals surface area contributed by atoms with E-state index in [9.17, 15) is 0 Å². The number of hydrogen-bond acceptors (Lipinski definition) is 2. The van der Waals surface area contributed by atoms with Gasteiger partial charge in [0.2, 0.25) is 0 Å². The number of hydrogen-bond donors (Lipinski definition) is 0. The van der Waals surface area contributed by atoms with Crippen LogP contribution < -0.4 is 0 Å². The molecule has 0 saturated carbocycles. The summed E-state index contributed by atoms with van der Waals surface area (Å²) >= 11 is -1.72. The average molecular weight is 484 g/mol. The normalized spacial score (nSPS) is 15.0. The van der Waals surface area contributed by atoms with Crippen LogP contribution in [0.15, 0.2) is 12.7 Å². The van der Waals surface area contributed by atoms with Crippen LogP contribution in [0, 0.1) is 0 Å². The first-order valence-electron chi connectivity index (χ1n) is 8.43. The zero-order valence-corrected chi connectivity index (χ0v) is 23.9. The Morgan fingerprint density at radius 3 is 1.00 bits per heavy atom. The van der Waals surface area contributed by atoms with E-state index >= 15 is 0 Å². The van der Waals surface area contributed by atoms with Crippen molar-refractivity contribution in [2.75, 3.05) is 0 Å². The quantitative estimate of drug-likeness (QED) is 0.327. The Kier molecular flexibility index (Phi) is 8.18. The zero-order valence-electron chi connectivity index (χ0n) is 17.3. The molecule has 0 aromatic carbocycles. The second-order valence-corrected chi connectivity index (χ2v) is 40.1. The maximum atomic E-state index is 4.15. The van der Waals surface area contributed by atoms with E-state index in [0.717, 1.165) is 0 Å². The molecule has 7 heteroatoms. The van der Waals surface area contributed by atoms with Crippen LogP contribution in [0.2, 0.25) is 82.9 Å². The molecule has 132 valence electrons. The van der Waals surface area contributed by atoms with Crippen molar-refractivity contribution in [1.29, 1.82) is 0 Å². The van der Waals surface area contributed by atoms with Crippen LogP contribution >= 0.6 is 0 Å². The van der Waals surface area contributed by atoms with Crippen LogP contribution in [0.25, 0.3) is 0 Å². The Balaban J connectivity index is 6.20. The molecule has 0 N–H and O–H groups in total. The average Bonchev–Trinajstić information content (AvgIpc) is 2.06. The Labute approximate surface area is 153 Å². The van der Waals surface area contributed by atoms with Crippen molar-refractivity contribution in [3.8, 4) is 0 Å². The molecule has 0 amide bonds. The first kappa shape index (κ1) is 23.3. The van der Waals surface area contributed by atoms with Gasteiger partial charge < -0.3 is 0 Å². The molecule has 0 rings (SSSR count). The first-order chi connectivity index (χ1) is 9.44. The monoisotopic (exact) mass is 482 g/mol. The summed E-state index contributed by atoms with van der Waals surface area (Å²) in [5.74, 6) is 0. The molecule has 0 heterocycles. The first-order valence-corrected chi connectivity index (χ1v) is 26.3.